The van der Waals surface area contributed by atoms with Crippen molar-refractivity contribution in [3.8, 4) is 0 Å². The maximum absolute atomic E-state index is 13.3. The summed E-state index contributed by atoms with van der Waals surface area (Å²) in [6.07, 6.45) is 0.299. The van der Waals surface area contributed by atoms with Crippen LogP contribution in [0.5, 0.6) is 0 Å². The van der Waals surface area contributed by atoms with Crippen LogP contribution in [-0.2, 0) is 24.3 Å². The Bertz CT molecular complexity index is 1020. The molecule has 1 fully saturated rings. The topological polar surface area (TPSA) is 80.8 Å². The average Bonchev–Trinajstić information content (AvgIpc) is 2.98. The number of sulfonamides is 1. The number of rotatable bonds is 5. The molecule has 146 valence electrons. The van der Waals surface area contributed by atoms with Crippen molar-refractivity contribution < 1.29 is 25.4 Å². The van der Waals surface area contributed by atoms with Crippen LogP contribution in [-0.4, -0.2) is 33.6 Å². The van der Waals surface area contributed by atoms with E-state index in [4.69, 9.17) is 4.18 Å². The van der Waals surface area contributed by atoms with E-state index < -0.39 is 38.2 Å². The molecule has 0 radical (unpaired) electrons. The summed E-state index contributed by atoms with van der Waals surface area (Å²) in [7, 11) is -7.90. The molecule has 2 aromatic carbocycles. The number of benzene rings is 2. The van der Waals surface area contributed by atoms with E-state index in [0.717, 1.165) is 16.1 Å². The molecule has 0 aromatic heterocycles. The maximum Gasteiger partial charge on any atom is 0.265 e. The third-order valence-corrected chi connectivity index (χ3v) is 6.90. The molecule has 9 heteroatoms. The summed E-state index contributed by atoms with van der Waals surface area (Å²) in [5, 5.41) is 0. The fourth-order valence-electron chi connectivity index (χ4n) is 3.20. The molecule has 2 atom stereocenters. The molecule has 0 N–H and O–H groups in total. The summed E-state index contributed by atoms with van der Waals surface area (Å²) in [6, 6.07) is 11.1. The van der Waals surface area contributed by atoms with Gasteiger partial charge in [-0.05, 0) is 49.6 Å². The van der Waals surface area contributed by atoms with Gasteiger partial charge in [-0.15, -0.1) is 0 Å². The van der Waals surface area contributed by atoms with Gasteiger partial charge in [0.2, 0.25) is 10.0 Å². The van der Waals surface area contributed by atoms with Crippen LogP contribution in [0.25, 0.3) is 0 Å². The first-order valence-corrected chi connectivity index (χ1v) is 11.6. The highest BCUT2D eigenvalue weighted by Gasteiger charge is 2.45. The molecule has 0 aliphatic carbocycles. The van der Waals surface area contributed by atoms with E-state index >= 15 is 0 Å². The second-order valence-electron chi connectivity index (χ2n) is 6.55. The molecule has 27 heavy (non-hydrogen) atoms. The molecule has 2 aromatic rings. The molecule has 0 spiro atoms. The first kappa shape index (κ1) is 19.9. The van der Waals surface area contributed by atoms with Gasteiger partial charge in [0.05, 0.1) is 17.2 Å². The minimum absolute atomic E-state index is 0.0456. The molecular formula is C18H20FNO5S2. The summed E-state index contributed by atoms with van der Waals surface area (Å²) >= 11 is 0. The van der Waals surface area contributed by atoms with Crippen LogP contribution in [0.3, 0.4) is 0 Å². The smallest absolute Gasteiger partial charge is 0.250 e. The Morgan fingerprint density at radius 3 is 2.11 bits per heavy atom. The van der Waals surface area contributed by atoms with E-state index in [1.54, 1.807) is 12.1 Å². The number of aryl methyl sites for hydroxylation is 1. The minimum Gasteiger partial charge on any atom is -0.250 e. The Balaban J connectivity index is 2.07. The monoisotopic (exact) mass is 413 g/mol. The lowest BCUT2D eigenvalue weighted by molar-refractivity contribution is 0.112. The van der Waals surface area contributed by atoms with E-state index in [1.807, 2.05) is 6.92 Å². The molecule has 0 amide bonds. The van der Waals surface area contributed by atoms with Gasteiger partial charge in [-0.2, -0.15) is 12.7 Å². The molecule has 6 nitrogen and oxygen atoms in total. The minimum atomic E-state index is -4.03. The van der Waals surface area contributed by atoms with Gasteiger partial charge in [0, 0.05) is 0 Å². The molecule has 1 aliphatic rings. The number of hydrogen-bond acceptors (Lipinski definition) is 5. The van der Waals surface area contributed by atoms with Gasteiger partial charge in [-0.1, -0.05) is 29.8 Å². The summed E-state index contributed by atoms with van der Waals surface area (Å²) in [5.74, 6) is -0.436. The Hall–Kier alpha value is -1.81. The van der Waals surface area contributed by atoms with E-state index in [0.29, 0.717) is 12.0 Å². The summed E-state index contributed by atoms with van der Waals surface area (Å²) in [4.78, 5) is 0.0456. The molecule has 1 saturated heterocycles. The van der Waals surface area contributed by atoms with Crippen LogP contribution in [0.2, 0.25) is 0 Å². The zero-order valence-electron chi connectivity index (χ0n) is 14.9. The average molecular weight is 413 g/mol. The van der Waals surface area contributed by atoms with Gasteiger partial charge in [0.1, 0.15) is 12.0 Å². The van der Waals surface area contributed by atoms with Gasteiger partial charge >= 0.3 is 0 Å². The van der Waals surface area contributed by atoms with Crippen molar-refractivity contribution in [2.75, 3.05) is 6.26 Å². The Morgan fingerprint density at radius 2 is 1.56 bits per heavy atom. The van der Waals surface area contributed by atoms with Gasteiger partial charge in [-0.3, -0.25) is 0 Å². The van der Waals surface area contributed by atoms with Crippen LogP contribution in [0.4, 0.5) is 4.39 Å². The number of halogens is 1. The summed E-state index contributed by atoms with van der Waals surface area (Å²) < 4.78 is 69.2. The molecular weight excluding hydrogens is 393 g/mol. The Labute approximate surface area is 158 Å². The third kappa shape index (κ3) is 4.37. The Kier molecular flexibility index (Phi) is 5.40. The predicted molar refractivity (Wildman–Crippen MR) is 98.3 cm³/mol. The van der Waals surface area contributed by atoms with E-state index in [2.05, 4.69) is 0 Å². The van der Waals surface area contributed by atoms with E-state index in [1.165, 1.54) is 36.4 Å². The molecule has 0 saturated carbocycles. The summed E-state index contributed by atoms with van der Waals surface area (Å²) in [6.45, 7) is 1.84. The lowest BCUT2D eigenvalue weighted by Gasteiger charge is -2.29. The fourth-order valence-corrected chi connectivity index (χ4v) is 5.59. The first-order valence-electron chi connectivity index (χ1n) is 8.32. The number of nitrogens with zero attached hydrogens (tertiary/aromatic N) is 1. The van der Waals surface area contributed by atoms with Crippen molar-refractivity contribution in [3.05, 3.63) is 65.5 Å². The zero-order valence-corrected chi connectivity index (χ0v) is 16.5. The van der Waals surface area contributed by atoms with Crippen LogP contribution in [0, 0.1) is 12.7 Å². The highest BCUT2D eigenvalue weighted by atomic mass is 32.2. The van der Waals surface area contributed by atoms with Gasteiger partial charge < -0.3 is 0 Å². The third-order valence-electron chi connectivity index (χ3n) is 4.42. The van der Waals surface area contributed by atoms with Crippen LogP contribution in [0.15, 0.2) is 53.4 Å². The highest BCUT2D eigenvalue weighted by molar-refractivity contribution is 7.89. The van der Waals surface area contributed by atoms with Crippen LogP contribution >= 0.6 is 0 Å². The first-order chi connectivity index (χ1) is 12.6. The van der Waals surface area contributed by atoms with Gasteiger partial charge in [0.25, 0.3) is 10.1 Å². The van der Waals surface area contributed by atoms with Crippen molar-refractivity contribution in [1.29, 1.82) is 0 Å². The summed E-state index contributed by atoms with van der Waals surface area (Å²) in [5.41, 5.74) is 1.47. The maximum atomic E-state index is 13.3. The van der Waals surface area contributed by atoms with Crippen molar-refractivity contribution in [3.63, 3.8) is 0 Å². The quantitative estimate of drug-likeness (QED) is 0.704. The Morgan fingerprint density at radius 1 is 0.963 bits per heavy atom. The van der Waals surface area contributed by atoms with Crippen molar-refractivity contribution in [2.24, 2.45) is 0 Å². The van der Waals surface area contributed by atoms with Crippen molar-refractivity contribution in [2.45, 2.75) is 36.9 Å². The SMILES string of the molecule is Cc1ccc(S(=O)(=O)N2C(OS(C)(=O)=O)CCC2c2ccc(F)cc2)cc1. The van der Waals surface area contributed by atoms with Crippen LogP contribution < -0.4 is 0 Å². The van der Waals surface area contributed by atoms with E-state index in [-0.39, 0.29) is 11.3 Å². The second kappa shape index (κ2) is 7.31. The predicted octanol–water partition coefficient (Wildman–Crippen LogP) is 2.96. The molecule has 2 unspecified atom stereocenters. The zero-order chi connectivity index (χ0) is 19.8. The highest BCUT2D eigenvalue weighted by Crippen LogP contribution is 2.41. The normalized spacial score (nSPS) is 21.4. The lowest BCUT2D eigenvalue weighted by Crippen LogP contribution is -2.39. The van der Waals surface area contributed by atoms with Crippen molar-refractivity contribution >= 4 is 20.1 Å². The molecule has 1 aliphatic heterocycles. The second-order valence-corrected chi connectivity index (χ2v) is 9.99. The van der Waals surface area contributed by atoms with Crippen LogP contribution in [0.1, 0.15) is 30.0 Å². The largest absolute Gasteiger partial charge is 0.265 e. The van der Waals surface area contributed by atoms with Crippen molar-refractivity contribution in [1.82, 2.24) is 4.31 Å². The lowest BCUT2D eigenvalue weighted by atomic mass is 10.1. The molecule has 3 rings (SSSR count). The van der Waals surface area contributed by atoms with Gasteiger partial charge in [0.15, 0.2) is 0 Å². The molecule has 0 bridgehead atoms. The standard InChI is InChI=1S/C18H20FNO5S2/c1-13-3-9-16(10-4-13)27(23,24)20-17(14-5-7-15(19)8-6-14)11-12-18(20)25-26(2,21)22/h3-10,17-18H,11-12H2,1-2H3. The number of hydrogen-bond donors (Lipinski definition) is 0. The fraction of sp³-hybridized carbons (Fsp3) is 0.333. The molecule has 1 heterocycles. The van der Waals surface area contributed by atoms with E-state index in [9.17, 15) is 21.2 Å². The van der Waals surface area contributed by atoms with Gasteiger partial charge in [-0.25, -0.2) is 17.0 Å².